The van der Waals surface area contributed by atoms with E-state index >= 15 is 0 Å². The molecule has 4 heteroatoms. The van der Waals surface area contributed by atoms with Crippen molar-refractivity contribution in [2.24, 2.45) is 11.8 Å². The van der Waals surface area contributed by atoms with E-state index in [1.54, 1.807) is 0 Å². The molecule has 0 spiro atoms. The lowest BCUT2D eigenvalue weighted by atomic mass is 9.75. The fraction of sp³-hybridized carbons (Fsp3) is 0.611. The third kappa shape index (κ3) is 3.87. The molecule has 2 N–H and O–H groups in total. The Labute approximate surface area is 131 Å². The second kappa shape index (κ2) is 7.25. The monoisotopic (exact) mass is 303 g/mol. The quantitative estimate of drug-likeness (QED) is 0.873. The fourth-order valence-electron chi connectivity index (χ4n) is 3.42. The van der Waals surface area contributed by atoms with Crippen LogP contribution in [0, 0.1) is 11.8 Å². The number of nitrogens with one attached hydrogen (secondary N) is 1. The first-order valence-corrected chi connectivity index (χ1v) is 8.32. The van der Waals surface area contributed by atoms with Crippen LogP contribution < -0.4 is 5.32 Å². The summed E-state index contributed by atoms with van der Waals surface area (Å²) < 4.78 is 5.33. The van der Waals surface area contributed by atoms with Gasteiger partial charge in [-0.1, -0.05) is 30.3 Å². The highest BCUT2D eigenvalue weighted by molar-refractivity contribution is 5.79. The van der Waals surface area contributed by atoms with E-state index in [1.165, 1.54) is 5.56 Å². The lowest BCUT2D eigenvalue weighted by Crippen LogP contribution is -2.50. The van der Waals surface area contributed by atoms with Gasteiger partial charge in [-0.15, -0.1) is 0 Å². The number of amides is 1. The summed E-state index contributed by atoms with van der Waals surface area (Å²) in [5.74, 6) is 0.627. The Morgan fingerprint density at radius 1 is 1.23 bits per heavy atom. The van der Waals surface area contributed by atoms with Crippen LogP contribution in [-0.2, 0) is 16.0 Å². The van der Waals surface area contributed by atoms with Gasteiger partial charge in [0, 0.05) is 25.2 Å². The molecule has 1 aliphatic heterocycles. The smallest absolute Gasteiger partial charge is 0.223 e. The topological polar surface area (TPSA) is 58.6 Å². The van der Waals surface area contributed by atoms with Crippen molar-refractivity contribution in [2.75, 3.05) is 13.2 Å². The van der Waals surface area contributed by atoms with E-state index in [9.17, 15) is 9.90 Å². The molecule has 0 radical (unpaired) electrons. The number of carbonyl (C=O) groups excluding carboxylic acids is 1. The zero-order chi connectivity index (χ0) is 15.4. The van der Waals surface area contributed by atoms with E-state index in [4.69, 9.17) is 4.74 Å². The molecule has 1 aromatic rings. The van der Waals surface area contributed by atoms with Gasteiger partial charge in [0.15, 0.2) is 0 Å². The van der Waals surface area contributed by atoms with E-state index in [-0.39, 0.29) is 24.0 Å². The van der Waals surface area contributed by atoms with Crippen LogP contribution in [0.3, 0.4) is 0 Å². The molecule has 1 heterocycles. The molecule has 1 atom stereocenters. The van der Waals surface area contributed by atoms with Gasteiger partial charge < -0.3 is 15.2 Å². The molecule has 0 aromatic heterocycles. The van der Waals surface area contributed by atoms with E-state index in [2.05, 4.69) is 17.4 Å². The molecule has 0 bridgehead atoms. The van der Waals surface area contributed by atoms with Crippen LogP contribution in [0.2, 0.25) is 0 Å². The van der Waals surface area contributed by atoms with Crippen molar-refractivity contribution >= 4 is 5.91 Å². The lowest BCUT2D eigenvalue weighted by Gasteiger charge is -2.39. The SMILES string of the molecule is O=C(N[C@@H](Cc1ccccc1)C1CC(O)C1)C1CCOCC1. The van der Waals surface area contributed by atoms with Crippen LogP contribution in [0.25, 0.3) is 0 Å². The van der Waals surface area contributed by atoms with E-state index in [0.29, 0.717) is 19.1 Å². The van der Waals surface area contributed by atoms with Crippen molar-refractivity contribution in [2.45, 2.75) is 44.2 Å². The first-order valence-electron chi connectivity index (χ1n) is 8.32. The first kappa shape index (κ1) is 15.5. The minimum atomic E-state index is -0.191. The summed E-state index contributed by atoms with van der Waals surface area (Å²) in [7, 11) is 0. The Morgan fingerprint density at radius 3 is 2.55 bits per heavy atom. The summed E-state index contributed by atoms with van der Waals surface area (Å²) in [5, 5.41) is 12.8. The third-order valence-corrected chi connectivity index (χ3v) is 4.94. The van der Waals surface area contributed by atoms with Crippen LogP contribution in [0.4, 0.5) is 0 Å². The Bertz CT molecular complexity index is 478. The number of aliphatic hydroxyl groups is 1. The van der Waals surface area contributed by atoms with Gasteiger partial charge in [0.1, 0.15) is 0 Å². The molecule has 1 saturated heterocycles. The van der Waals surface area contributed by atoms with Gasteiger partial charge in [-0.25, -0.2) is 0 Å². The molecule has 120 valence electrons. The van der Waals surface area contributed by atoms with Crippen molar-refractivity contribution in [1.82, 2.24) is 5.32 Å². The highest BCUT2D eigenvalue weighted by atomic mass is 16.5. The molecule has 2 aliphatic rings. The highest BCUT2D eigenvalue weighted by Gasteiger charge is 2.35. The molecule has 1 aromatic carbocycles. The highest BCUT2D eigenvalue weighted by Crippen LogP contribution is 2.32. The zero-order valence-electron chi connectivity index (χ0n) is 12.9. The molecule has 4 nitrogen and oxygen atoms in total. The van der Waals surface area contributed by atoms with Crippen molar-refractivity contribution in [3.63, 3.8) is 0 Å². The van der Waals surface area contributed by atoms with Gasteiger partial charge in [0.05, 0.1) is 6.10 Å². The Kier molecular flexibility index (Phi) is 5.11. The average Bonchev–Trinajstić information content (AvgIpc) is 2.53. The van der Waals surface area contributed by atoms with Crippen LogP contribution in [0.1, 0.15) is 31.2 Å². The summed E-state index contributed by atoms with van der Waals surface area (Å²) in [6, 6.07) is 10.4. The van der Waals surface area contributed by atoms with E-state index in [1.807, 2.05) is 18.2 Å². The van der Waals surface area contributed by atoms with Gasteiger partial charge in [-0.2, -0.15) is 0 Å². The maximum absolute atomic E-state index is 12.5. The van der Waals surface area contributed by atoms with E-state index < -0.39 is 0 Å². The predicted molar refractivity (Wildman–Crippen MR) is 84.4 cm³/mol. The number of rotatable bonds is 5. The predicted octanol–water partition coefficient (Wildman–Crippen LogP) is 1.91. The summed E-state index contributed by atoms with van der Waals surface area (Å²) in [6.07, 6.45) is 3.88. The van der Waals surface area contributed by atoms with Gasteiger partial charge in [-0.05, 0) is 43.6 Å². The van der Waals surface area contributed by atoms with Crippen LogP contribution in [-0.4, -0.2) is 36.4 Å². The van der Waals surface area contributed by atoms with Crippen LogP contribution >= 0.6 is 0 Å². The summed E-state index contributed by atoms with van der Waals surface area (Å²) in [4.78, 5) is 12.5. The van der Waals surface area contributed by atoms with Gasteiger partial charge in [-0.3, -0.25) is 4.79 Å². The largest absolute Gasteiger partial charge is 0.393 e. The molecule has 22 heavy (non-hydrogen) atoms. The lowest BCUT2D eigenvalue weighted by molar-refractivity contribution is -0.129. The minimum Gasteiger partial charge on any atom is -0.393 e. The molecule has 1 saturated carbocycles. The van der Waals surface area contributed by atoms with Crippen molar-refractivity contribution < 1.29 is 14.6 Å². The zero-order valence-corrected chi connectivity index (χ0v) is 12.9. The van der Waals surface area contributed by atoms with Crippen molar-refractivity contribution in [3.8, 4) is 0 Å². The maximum Gasteiger partial charge on any atom is 0.223 e. The van der Waals surface area contributed by atoms with Crippen LogP contribution in [0.5, 0.6) is 0 Å². The first-order chi connectivity index (χ1) is 10.7. The standard InChI is InChI=1S/C18H25NO3/c20-16-11-15(12-16)17(10-13-4-2-1-3-5-13)19-18(21)14-6-8-22-9-7-14/h1-5,14-17,20H,6-12H2,(H,19,21)/t15?,16?,17-/m0/s1. The summed E-state index contributed by atoms with van der Waals surface area (Å²) in [6.45, 7) is 1.37. The number of ether oxygens (including phenoxy) is 1. The summed E-state index contributed by atoms with van der Waals surface area (Å²) in [5.41, 5.74) is 1.24. The fourth-order valence-corrected chi connectivity index (χ4v) is 3.42. The molecule has 1 aliphatic carbocycles. The Balaban J connectivity index is 1.61. The second-order valence-corrected chi connectivity index (χ2v) is 6.58. The number of hydrogen-bond donors (Lipinski definition) is 2. The third-order valence-electron chi connectivity index (χ3n) is 4.94. The van der Waals surface area contributed by atoms with Crippen molar-refractivity contribution in [3.05, 3.63) is 35.9 Å². The second-order valence-electron chi connectivity index (χ2n) is 6.58. The van der Waals surface area contributed by atoms with Gasteiger partial charge in [0.2, 0.25) is 5.91 Å². The van der Waals surface area contributed by atoms with Gasteiger partial charge >= 0.3 is 0 Å². The summed E-state index contributed by atoms with van der Waals surface area (Å²) >= 11 is 0. The minimum absolute atomic E-state index is 0.0806. The normalized spacial score (nSPS) is 27.0. The number of hydrogen-bond acceptors (Lipinski definition) is 3. The molecule has 1 amide bonds. The van der Waals surface area contributed by atoms with Gasteiger partial charge in [0.25, 0.3) is 0 Å². The molecule has 0 unspecified atom stereocenters. The molecular weight excluding hydrogens is 278 g/mol. The number of benzene rings is 1. The van der Waals surface area contributed by atoms with Crippen LogP contribution in [0.15, 0.2) is 30.3 Å². The maximum atomic E-state index is 12.5. The molecule has 3 rings (SSSR count). The number of aliphatic hydroxyl groups excluding tert-OH is 1. The average molecular weight is 303 g/mol. The molecule has 2 fully saturated rings. The Hall–Kier alpha value is -1.39. The van der Waals surface area contributed by atoms with E-state index in [0.717, 1.165) is 32.1 Å². The number of carbonyl (C=O) groups is 1. The van der Waals surface area contributed by atoms with Crippen molar-refractivity contribution in [1.29, 1.82) is 0 Å². The Morgan fingerprint density at radius 2 is 1.91 bits per heavy atom. The molecular formula is C18H25NO3.